The number of fused-ring (bicyclic) bond motifs is 1. The summed E-state index contributed by atoms with van der Waals surface area (Å²) >= 11 is 0. The number of para-hydroxylation sites is 2. The van der Waals surface area contributed by atoms with Crippen LogP contribution < -0.4 is 4.90 Å². The number of allylic oxidation sites excluding steroid dienone is 5. The Morgan fingerprint density at radius 1 is 0.929 bits per heavy atom. The van der Waals surface area contributed by atoms with Crippen LogP contribution in [0.25, 0.3) is 10.8 Å². The van der Waals surface area contributed by atoms with E-state index in [0.29, 0.717) is 0 Å². The summed E-state index contributed by atoms with van der Waals surface area (Å²) in [6.07, 6.45) is 11.5. The average Bonchev–Trinajstić information content (AvgIpc) is 3.01. The second kappa shape index (κ2) is 8.10. The largest absolute Gasteiger partial charge is 0.339 e. The number of aliphatic imine (C=N–C) groups is 1. The molecule has 0 aromatic heterocycles. The Bertz CT molecular complexity index is 1100. The molecular formula is C26H24N2. The molecule has 138 valence electrons. The van der Waals surface area contributed by atoms with Crippen LogP contribution >= 0.6 is 0 Å². The molecule has 0 atom stereocenters. The van der Waals surface area contributed by atoms with E-state index < -0.39 is 0 Å². The van der Waals surface area contributed by atoms with Crippen LogP contribution in [0.3, 0.4) is 0 Å². The molecule has 0 saturated heterocycles. The standard InChI is InChI=1S/C26H24N2/c1-20-13-15-23-18-21(14-16-22(23)17-20)19-28(24-9-5-3-4-6-10-24)26-12-8-7-11-25(26)27-2/h3-9,11-18H,2,10,19H2,1H3. The molecule has 4 rings (SSSR count). The van der Waals surface area contributed by atoms with Crippen LogP contribution in [0, 0.1) is 6.92 Å². The Hall–Kier alpha value is -3.39. The molecular weight excluding hydrogens is 340 g/mol. The zero-order chi connectivity index (χ0) is 19.3. The lowest BCUT2D eigenvalue weighted by atomic mass is 10.0. The van der Waals surface area contributed by atoms with Crippen LogP contribution in [0.1, 0.15) is 17.5 Å². The van der Waals surface area contributed by atoms with Crippen molar-refractivity contribution >= 4 is 28.9 Å². The number of benzene rings is 3. The molecule has 0 spiro atoms. The lowest BCUT2D eigenvalue weighted by Crippen LogP contribution is -2.22. The van der Waals surface area contributed by atoms with Crippen LogP contribution in [0.5, 0.6) is 0 Å². The highest BCUT2D eigenvalue weighted by Gasteiger charge is 2.15. The van der Waals surface area contributed by atoms with E-state index >= 15 is 0 Å². The molecule has 1 aliphatic rings. The van der Waals surface area contributed by atoms with Gasteiger partial charge < -0.3 is 4.90 Å². The highest BCUT2D eigenvalue weighted by atomic mass is 15.2. The molecule has 0 unspecified atom stereocenters. The lowest BCUT2D eigenvalue weighted by Gasteiger charge is -2.28. The fourth-order valence-electron chi connectivity index (χ4n) is 3.63. The first kappa shape index (κ1) is 18.0. The van der Waals surface area contributed by atoms with Crippen molar-refractivity contribution < 1.29 is 0 Å². The van der Waals surface area contributed by atoms with Gasteiger partial charge in [0.2, 0.25) is 0 Å². The Kier molecular flexibility index (Phi) is 5.20. The number of aryl methyl sites for hydroxylation is 1. The molecule has 3 aromatic carbocycles. The van der Waals surface area contributed by atoms with Gasteiger partial charge in [0.05, 0.1) is 11.4 Å². The summed E-state index contributed by atoms with van der Waals surface area (Å²) < 4.78 is 0. The van der Waals surface area contributed by atoms with Gasteiger partial charge in [0, 0.05) is 18.7 Å². The van der Waals surface area contributed by atoms with E-state index in [1.165, 1.54) is 27.6 Å². The van der Waals surface area contributed by atoms with E-state index in [0.717, 1.165) is 24.3 Å². The molecule has 0 amide bonds. The summed E-state index contributed by atoms with van der Waals surface area (Å²) in [5.41, 5.74) is 5.78. The zero-order valence-corrected chi connectivity index (χ0v) is 16.2. The summed E-state index contributed by atoms with van der Waals surface area (Å²) in [6, 6.07) is 21.5. The van der Waals surface area contributed by atoms with Crippen LogP contribution in [0.15, 0.2) is 102 Å². The van der Waals surface area contributed by atoms with Gasteiger partial charge in [0.25, 0.3) is 0 Å². The van der Waals surface area contributed by atoms with Crippen LogP contribution in [0.2, 0.25) is 0 Å². The third-order valence-electron chi connectivity index (χ3n) is 5.06. The van der Waals surface area contributed by atoms with Crippen molar-refractivity contribution in [2.24, 2.45) is 4.99 Å². The highest BCUT2D eigenvalue weighted by Crippen LogP contribution is 2.34. The molecule has 1 aliphatic carbocycles. The van der Waals surface area contributed by atoms with Gasteiger partial charge in [0.1, 0.15) is 0 Å². The monoisotopic (exact) mass is 364 g/mol. The van der Waals surface area contributed by atoms with E-state index in [2.05, 4.69) is 102 Å². The van der Waals surface area contributed by atoms with Gasteiger partial charge in [-0.1, -0.05) is 72.3 Å². The number of hydrogen-bond acceptors (Lipinski definition) is 2. The Morgan fingerprint density at radius 3 is 2.64 bits per heavy atom. The summed E-state index contributed by atoms with van der Waals surface area (Å²) in [5, 5.41) is 2.55. The lowest BCUT2D eigenvalue weighted by molar-refractivity contribution is 0.888. The second-order valence-electron chi connectivity index (χ2n) is 7.09. The molecule has 28 heavy (non-hydrogen) atoms. The van der Waals surface area contributed by atoms with E-state index in [4.69, 9.17) is 0 Å². The van der Waals surface area contributed by atoms with Gasteiger partial charge in [0.15, 0.2) is 0 Å². The first-order chi connectivity index (χ1) is 13.7. The minimum absolute atomic E-state index is 0.782. The van der Waals surface area contributed by atoms with Crippen molar-refractivity contribution in [3.63, 3.8) is 0 Å². The first-order valence-electron chi connectivity index (χ1n) is 9.59. The minimum atomic E-state index is 0.782. The molecule has 2 heteroatoms. The molecule has 0 N–H and O–H groups in total. The molecule has 0 fully saturated rings. The fourth-order valence-corrected chi connectivity index (χ4v) is 3.63. The SMILES string of the molecule is C=Nc1ccccc1N(Cc1ccc2cc(C)ccc2c1)C1=CC=CC=CC1. The van der Waals surface area contributed by atoms with E-state index in [1.807, 2.05) is 12.1 Å². The third kappa shape index (κ3) is 3.81. The molecule has 3 aromatic rings. The predicted octanol–water partition coefficient (Wildman–Crippen LogP) is 6.89. The summed E-state index contributed by atoms with van der Waals surface area (Å²) in [7, 11) is 0. The quantitative estimate of drug-likeness (QED) is 0.450. The number of anilines is 1. The molecule has 0 aliphatic heterocycles. The summed E-state index contributed by atoms with van der Waals surface area (Å²) in [6.45, 7) is 6.68. The normalized spacial score (nSPS) is 13.2. The summed E-state index contributed by atoms with van der Waals surface area (Å²) in [5.74, 6) is 0. The average molecular weight is 364 g/mol. The molecule has 0 saturated carbocycles. The maximum absolute atomic E-state index is 4.26. The second-order valence-corrected chi connectivity index (χ2v) is 7.09. The van der Waals surface area contributed by atoms with Gasteiger partial charge in [-0.25, -0.2) is 0 Å². The van der Waals surface area contributed by atoms with Gasteiger partial charge in [-0.15, -0.1) is 0 Å². The maximum Gasteiger partial charge on any atom is 0.0859 e. The molecule has 0 bridgehead atoms. The Morgan fingerprint density at radius 2 is 1.75 bits per heavy atom. The Balaban J connectivity index is 1.76. The van der Waals surface area contributed by atoms with Gasteiger partial charge in [-0.3, -0.25) is 4.99 Å². The van der Waals surface area contributed by atoms with Crippen molar-refractivity contribution in [3.8, 4) is 0 Å². The molecule has 0 radical (unpaired) electrons. The van der Waals surface area contributed by atoms with Gasteiger partial charge in [-0.05, 0) is 54.3 Å². The van der Waals surface area contributed by atoms with Crippen molar-refractivity contribution in [1.29, 1.82) is 0 Å². The van der Waals surface area contributed by atoms with Crippen molar-refractivity contribution in [2.45, 2.75) is 19.9 Å². The number of rotatable bonds is 5. The summed E-state index contributed by atoms with van der Waals surface area (Å²) in [4.78, 5) is 6.60. The van der Waals surface area contributed by atoms with Crippen molar-refractivity contribution in [1.82, 2.24) is 0 Å². The molecule has 0 heterocycles. The zero-order valence-electron chi connectivity index (χ0n) is 16.2. The fraction of sp³-hybridized carbons (Fsp3) is 0.115. The number of nitrogens with zero attached hydrogens (tertiary/aromatic N) is 2. The van der Waals surface area contributed by atoms with E-state index in [1.54, 1.807) is 0 Å². The van der Waals surface area contributed by atoms with Crippen LogP contribution in [0.4, 0.5) is 11.4 Å². The van der Waals surface area contributed by atoms with Crippen LogP contribution in [-0.2, 0) is 6.54 Å². The van der Waals surface area contributed by atoms with E-state index in [9.17, 15) is 0 Å². The van der Waals surface area contributed by atoms with Crippen molar-refractivity contribution in [3.05, 3.63) is 108 Å². The first-order valence-corrected chi connectivity index (χ1v) is 9.59. The third-order valence-corrected chi connectivity index (χ3v) is 5.06. The smallest absolute Gasteiger partial charge is 0.0859 e. The Labute approximate surface area is 166 Å². The van der Waals surface area contributed by atoms with Crippen LogP contribution in [-0.4, -0.2) is 6.72 Å². The predicted molar refractivity (Wildman–Crippen MR) is 121 cm³/mol. The topological polar surface area (TPSA) is 15.6 Å². The highest BCUT2D eigenvalue weighted by molar-refractivity contribution is 5.84. The van der Waals surface area contributed by atoms with Crippen molar-refractivity contribution in [2.75, 3.05) is 4.90 Å². The molecule has 2 nitrogen and oxygen atoms in total. The van der Waals surface area contributed by atoms with Gasteiger partial charge in [-0.2, -0.15) is 0 Å². The minimum Gasteiger partial charge on any atom is -0.339 e. The van der Waals surface area contributed by atoms with E-state index in [-0.39, 0.29) is 0 Å². The maximum atomic E-state index is 4.26. The van der Waals surface area contributed by atoms with Gasteiger partial charge >= 0.3 is 0 Å². The number of hydrogen-bond donors (Lipinski definition) is 0.